The van der Waals surface area contributed by atoms with Gasteiger partial charge in [0.25, 0.3) is 0 Å². The van der Waals surface area contributed by atoms with Crippen molar-refractivity contribution in [2.24, 2.45) is 0 Å². The van der Waals surface area contributed by atoms with Crippen LogP contribution >= 0.6 is 0 Å². The van der Waals surface area contributed by atoms with Crippen LogP contribution in [0, 0.1) is 6.92 Å². The van der Waals surface area contributed by atoms with E-state index in [1.54, 1.807) is 12.4 Å². The zero-order valence-corrected chi connectivity index (χ0v) is 17.8. The average molecular weight is 404 g/mol. The second-order valence-corrected chi connectivity index (χ2v) is 7.30. The van der Waals surface area contributed by atoms with Crippen LogP contribution in [0.15, 0.2) is 73.8 Å². The number of pyridine rings is 1. The summed E-state index contributed by atoms with van der Waals surface area (Å²) in [5.74, 6) is 0.854. The number of nitrogens with zero attached hydrogens (tertiary/aromatic N) is 3. The summed E-state index contributed by atoms with van der Waals surface area (Å²) in [5.41, 5.74) is 4.34. The molecule has 0 saturated carbocycles. The van der Waals surface area contributed by atoms with Gasteiger partial charge in [-0.2, -0.15) is 0 Å². The molecular weight excluding hydrogens is 374 g/mol. The molecule has 30 heavy (non-hydrogen) atoms. The highest BCUT2D eigenvalue weighted by atomic mass is 16.2. The smallest absolute Gasteiger partial charge is 0.244 e. The molecular formula is C24H29N5O. The molecule has 4 rings (SSSR count). The molecule has 6 nitrogen and oxygen atoms in total. The van der Waals surface area contributed by atoms with Gasteiger partial charge in [-0.05, 0) is 61.0 Å². The van der Waals surface area contributed by atoms with Gasteiger partial charge in [-0.15, -0.1) is 0 Å². The van der Waals surface area contributed by atoms with Gasteiger partial charge in [-0.1, -0.05) is 25.6 Å². The van der Waals surface area contributed by atoms with E-state index in [9.17, 15) is 4.79 Å². The summed E-state index contributed by atoms with van der Waals surface area (Å²) >= 11 is 0. The second kappa shape index (κ2) is 9.78. The summed E-state index contributed by atoms with van der Waals surface area (Å²) in [6, 6.07) is 15.0. The van der Waals surface area contributed by atoms with E-state index in [0.717, 1.165) is 23.5 Å². The van der Waals surface area contributed by atoms with Gasteiger partial charge in [0, 0.05) is 31.3 Å². The molecule has 1 aliphatic heterocycles. The fraction of sp³-hybridized carbons (Fsp3) is 0.250. The van der Waals surface area contributed by atoms with E-state index in [-0.39, 0.29) is 5.91 Å². The Morgan fingerprint density at radius 2 is 1.97 bits per heavy atom. The maximum absolute atomic E-state index is 11.2. The Hall–Kier alpha value is -3.54. The molecule has 0 spiro atoms. The monoisotopic (exact) mass is 403 g/mol. The number of carbonyl (C=O) groups excluding carboxylic acids is 1. The minimum atomic E-state index is 0.0161. The number of hydrogen-bond donors (Lipinski definition) is 2. The van der Waals surface area contributed by atoms with Gasteiger partial charge in [0.05, 0.1) is 18.3 Å². The number of fused-ring (bicyclic) bond motifs is 1. The Balaban J connectivity index is 0.000000177. The normalized spacial score (nSPS) is 13.4. The van der Waals surface area contributed by atoms with Gasteiger partial charge in [0.2, 0.25) is 5.91 Å². The first kappa shape index (κ1) is 21.2. The quantitative estimate of drug-likeness (QED) is 0.661. The molecule has 156 valence electrons. The van der Waals surface area contributed by atoms with Crippen molar-refractivity contribution in [2.45, 2.75) is 26.3 Å². The fourth-order valence-corrected chi connectivity index (χ4v) is 3.42. The van der Waals surface area contributed by atoms with Crippen LogP contribution in [0.2, 0.25) is 0 Å². The molecule has 0 bridgehead atoms. The van der Waals surface area contributed by atoms with E-state index in [1.165, 1.54) is 11.3 Å². The lowest BCUT2D eigenvalue weighted by molar-refractivity contribution is -0.115. The van der Waals surface area contributed by atoms with Gasteiger partial charge in [-0.25, -0.2) is 4.98 Å². The summed E-state index contributed by atoms with van der Waals surface area (Å²) in [6.45, 7) is 8.22. The molecule has 3 heterocycles. The van der Waals surface area contributed by atoms with Crippen LogP contribution < -0.4 is 15.5 Å². The van der Waals surface area contributed by atoms with Crippen LogP contribution in [-0.4, -0.2) is 29.1 Å². The minimum absolute atomic E-state index is 0.0161. The number of aromatic nitrogens is 2. The van der Waals surface area contributed by atoms with Gasteiger partial charge in [0.1, 0.15) is 0 Å². The van der Waals surface area contributed by atoms with E-state index < -0.39 is 0 Å². The maximum Gasteiger partial charge on any atom is 0.244 e. The number of nitrogens with one attached hydrogen (secondary N) is 2. The van der Waals surface area contributed by atoms with E-state index in [0.29, 0.717) is 12.6 Å². The third-order valence-electron chi connectivity index (χ3n) is 4.95. The van der Waals surface area contributed by atoms with E-state index in [1.807, 2.05) is 49.5 Å². The lowest BCUT2D eigenvalue weighted by Gasteiger charge is -2.25. The predicted molar refractivity (Wildman–Crippen MR) is 123 cm³/mol. The number of likely N-dealkylation sites (N-methyl/N-ethyl adjacent to an activating group) is 1. The Morgan fingerprint density at radius 3 is 2.60 bits per heavy atom. The Morgan fingerprint density at radius 1 is 1.27 bits per heavy atom. The van der Waals surface area contributed by atoms with Crippen LogP contribution in [-0.2, 0) is 4.79 Å². The summed E-state index contributed by atoms with van der Waals surface area (Å²) in [7, 11) is 1.86. The van der Waals surface area contributed by atoms with Gasteiger partial charge in [0.15, 0.2) is 5.82 Å². The highest BCUT2D eigenvalue weighted by molar-refractivity contribution is 6.00. The summed E-state index contributed by atoms with van der Waals surface area (Å²) < 4.78 is 2.10. The highest BCUT2D eigenvalue weighted by Crippen LogP contribution is 2.26. The number of hydrogen-bond acceptors (Lipinski definition) is 4. The molecule has 1 amide bonds. The second-order valence-electron chi connectivity index (χ2n) is 7.30. The van der Waals surface area contributed by atoms with Crippen molar-refractivity contribution in [1.29, 1.82) is 0 Å². The lowest BCUT2D eigenvalue weighted by Crippen LogP contribution is -2.36. The average Bonchev–Trinajstić information content (AvgIpc) is 3.27. The molecule has 2 aromatic heterocycles. The molecule has 3 aromatic rings. The van der Waals surface area contributed by atoms with Crippen molar-refractivity contribution in [1.82, 2.24) is 14.9 Å². The number of amides is 1. The zero-order valence-electron chi connectivity index (χ0n) is 17.8. The lowest BCUT2D eigenvalue weighted by atomic mass is 10.0. The van der Waals surface area contributed by atoms with Crippen molar-refractivity contribution in [3.05, 3.63) is 85.0 Å². The van der Waals surface area contributed by atoms with E-state index in [2.05, 4.69) is 58.0 Å². The zero-order chi connectivity index (χ0) is 21.5. The first-order chi connectivity index (χ1) is 14.5. The summed E-state index contributed by atoms with van der Waals surface area (Å²) in [5, 5.41) is 6.05. The minimum Gasteiger partial charge on any atom is -0.385 e. The third-order valence-corrected chi connectivity index (χ3v) is 4.95. The van der Waals surface area contributed by atoms with Crippen molar-refractivity contribution in [3.8, 4) is 5.69 Å². The maximum atomic E-state index is 11.2. The van der Waals surface area contributed by atoms with Crippen LogP contribution in [0.4, 0.5) is 11.5 Å². The SMILES string of the molecule is C=CNC(CC)c1ccc(-n2cccc2)cc1.Cc1cnc2c(c1)NC(=O)CN2C. The molecule has 6 heteroatoms. The largest absolute Gasteiger partial charge is 0.385 e. The molecule has 1 aromatic carbocycles. The number of anilines is 2. The van der Waals surface area contributed by atoms with Crippen molar-refractivity contribution >= 4 is 17.4 Å². The van der Waals surface area contributed by atoms with E-state index >= 15 is 0 Å². The van der Waals surface area contributed by atoms with E-state index in [4.69, 9.17) is 0 Å². The molecule has 0 saturated heterocycles. The molecule has 0 radical (unpaired) electrons. The predicted octanol–water partition coefficient (Wildman–Crippen LogP) is 4.44. The van der Waals surface area contributed by atoms with Gasteiger partial charge >= 0.3 is 0 Å². The standard InChI is InChI=1S/C15H18N2.C9H11N3O/c1-3-15(16-4-2)13-7-9-14(10-8-13)17-11-5-6-12-17;1-6-3-7-9(10-4-6)12(2)5-8(13)11-7/h4-12,15-16H,2-3H2,1H3;3-4H,5H2,1-2H3,(H,11,13). The van der Waals surface area contributed by atoms with Crippen molar-refractivity contribution in [2.75, 3.05) is 23.8 Å². The molecule has 1 atom stereocenters. The molecule has 0 aliphatic carbocycles. The number of carbonyl (C=O) groups is 1. The Kier molecular flexibility index (Phi) is 6.91. The molecule has 1 aliphatic rings. The van der Waals surface area contributed by atoms with Gasteiger partial charge < -0.3 is 20.1 Å². The number of rotatable bonds is 5. The molecule has 1 unspecified atom stereocenters. The fourth-order valence-electron chi connectivity index (χ4n) is 3.42. The Labute approximate surface area is 178 Å². The van der Waals surface area contributed by atoms with Crippen LogP contribution in [0.5, 0.6) is 0 Å². The van der Waals surface area contributed by atoms with Crippen LogP contribution in [0.1, 0.15) is 30.5 Å². The molecule has 2 N–H and O–H groups in total. The molecule has 0 fully saturated rings. The van der Waals surface area contributed by atoms with Crippen LogP contribution in [0.25, 0.3) is 5.69 Å². The summed E-state index contributed by atoms with van der Waals surface area (Å²) in [4.78, 5) is 17.3. The Bertz CT molecular complexity index is 979. The number of aryl methyl sites for hydroxylation is 1. The topological polar surface area (TPSA) is 62.2 Å². The first-order valence-corrected chi connectivity index (χ1v) is 10.1. The van der Waals surface area contributed by atoms with Crippen molar-refractivity contribution < 1.29 is 4.79 Å². The highest BCUT2D eigenvalue weighted by Gasteiger charge is 2.19. The first-order valence-electron chi connectivity index (χ1n) is 10.1. The third kappa shape index (κ3) is 5.08. The number of benzene rings is 1. The van der Waals surface area contributed by atoms with Gasteiger partial charge in [-0.3, -0.25) is 4.79 Å². The van der Waals surface area contributed by atoms with Crippen LogP contribution in [0.3, 0.4) is 0 Å². The summed E-state index contributed by atoms with van der Waals surface area (Å²) in [6.07, 6.45) is 8.71. The van der Waals surface area contributed by atoms with Crippen molar-refractivity contribution in [3.63, 3.8) is 0 Å².